The summed E-state index contributed by atoms with van der Waals surface area (Å²) in [5.41, 5.74) is 6.75. The number of benzene rings is 1. The van der Waals surface area contributed by atoms with Crippen molar-refractivity contribution in [1.29, 1.82) is 0 Å². The van der Waals surface area contributed by atoms with Crippen LogP contribution in [0.5, 0.6) is 5.75 Å². The first kappa shape index (κ1) is 22.1. The van der Waals surface area contributed by atoms with Gasteiger partial charge in [0.1, 0.15) is 24.0 Å². The van der Waals surface area contributed by atoms with Gasteiger partial charge < -0.3 is 15.2 Å². The number of rotatable bonds is 4. The molecule has 3 aliphatic heterocycles. The summed E-state index contributed by atoms with van der Waals surface area (Å²) in [6.45, 7) is 4.60. The molecule has 0 amide bonds. The van der Waals surface area contributed by atoms with Crippen LogP contribution in [-0.4, -0.2) is 55.3 Å². The van der Waals surface area contributed by atoms with Gasteiger partial charge in [0.25, 0.3) is 6.02 Å². The largest absolute Gasteiger partial charge is 0.490 e. The summed E-state index contributed by atoms with van der Waals surface area (Å²) in [7, 11) is -3.43. The number of piperidine rings is 1. The number of amidine groups is 1. The number of ether oxygens (including phenoxy) is 2. The molecule has 0 saturated carbocycles. The quantitative estimate of drug-likeness (QED) is 0.683. The summed E-state index contributed by atoms with van der Waals surface area (Å²) < 4.78 is 53.9. The highest BCUT2D eigenvalue weighted by atomic mass is 32.2. The van der Waals surface area contributed by atoms with Crippen LogP contribution in [0.2, 0.25) is 0 Å². The molecule has 2 N–H and O–H groups in total. The Morgan fingerprint density at radius 2 is 2.15 bits per heavy atom. The van der Waals surface area contributed by atoms with Gasteiger partial charge in [-0.2, -0.15) is 4.39 Å². The van der Waals surface area contributed by atoms with Crippen molar-refractivity contribution in [1.82, 2.24) is 9.29 Å². The Hall–Kier alpha value is -2.72. The summed E-state index contributed by atoms with van der Waals surface area (Å²) >= 11 is 0. The number of aliphatic imine (C=N–C) groups is 1. The molecule has 176 valence electrons. The maximum Gasteiger partial charge on any atom is 0.283 e. The number of pyridine rings is 1. The molecule has 3 aliphatic rings. The lowest BCUT2D eigenvalue weighted by Gasteiger charge is -2.48. The van der Waals surface area contributed by atoms with E-state index in [0.29, 0.717) is 35.4 Å². The smallest absolute Gasteiger partial charge is 0.283 e. The van der Waals surface area contributed by atoms with Crippen LogP contribution in [0.25, 0.3) is 11.1 Å². The Labute approximate surface area is 192 Å². The van der Waals surface area contributed by atoms with Crippen molar-refractivity contribution in [2.75, 3.05) is 25.4 Å². The fourth-order valence-electron chi connectivity index (χ4n) is 5.16. The van der Waals surface area contributed by atoms with Crippen LogP contribution in [0.15, 0.2) is 41.5 Å². The number of nitrogens with zero attached hydrogens (tertiary/aromatic N) is 3. The average Bonchev–Trinajstić information content (AvgIpc) is 3.15. The zero-order valence-electron chi connectivity index (χ0n) is 18.6. The van der Waals surface area contributed by atoms with Crippen LogP contribution in [0, 0.1) is 17.8 Å². The van der Waals surface area contributed by atoms with E-state index in [1.165, 1.54) is 6.20 Å². The number of halogens is 1. The molecule has 33 heavy (non-hydrogen) atoms. The Kier molecular flexibility index (Phi) is 5.32. The highest BCUT2D eigenvalue weighted by Crippen LogP contribution is 2.51. The van der Waals surface area contributed by atoms with Crippen molar-refractivity contribution in [3.63, 3.8) is 0 Å². The lowest BCUT2D eigenvalue weighted by atomic mass is 9.71. The van der Waals surface area contributed by atoms with E-state index < -0.39 is 21.5 Å². The van der Waals surface area contributed by atoms with Crippen molar-refractivity contribution in [3.05, 3.63) is 48.0 Å². The maximum atomic E-state index is 14.4. The van der Waals surface area contributed by atoms with Gasteiger partial charge in [0.15, 0.2) is 0 Å². The molecule has 1 fully saturated rings. The Morgan fingerprint density at radius 3 is 2.85 bits per heavy atom. The van der Waals surface area contributed by atoms with Gasteiger partial charge >= 0.3 is 0 Å². The Morgan fingerprint density at radius 1 is 1.33 bits per heavy atom. The van der Waals surface area contributed by atoms with Crippen molar-refractivity contribution in [2.24, 2.45) is 22.6 Å². The van der Waals surface area contributed by atoms with Crippen molar-refractivity contribution >= 4 is 16.0 Å². The molecule has 1 aromatic carbocycles. The van der Waals surface area contributed by atoms with Crippen LogP contribution in [0.4, 0.5) is 4.39 Å². The van der Waals surface area contributed by atoms with Crippen LogP contribution in [0.3, 0.4) is 0 Å². The first-order valence-electron chi connectivity index (χ1n) is 11.1. The Balaban J connectivity index is 1.59. The third-order valence-corrected chi connectivity index (χ3v) is 8.81. The lowest BCUT2D eigenvalue weighted by molar-refractivity contribution is -0.00350. The summed E-state index contributed by atoms with van der Waals surface area (Å²) in [4.78, 5) is 8.45. The molecule has 4 heterocycles. The van der Waals surface area contributed by atoms with E-state index in [0.717, 1.165) is 0 Å². The van der Waals surface area contributed by atoms with Crippen molar-refractivity contribution in [3.8, 4) is 16.9 Å². The normalized spacial score (nSPS) is 27.0. The predicted molar refractivity (Wildman–Crippen MR) is 122 cm³/mol. The van der Waals surface area contributed by atoms with Gasteiger partial charge in [0.05, 0.1) is 5.75 Å². The Bertz CT molecular complexity index is 1220. The predicted octanol–water partition coefficient (Wildman–Crippen LogP) is 2.50. The van der Waals surface area contributed by atoms with Gasteiger partial charge in [-0.1, -0.05) is 19.9 Å². The minimum Gasteiger partial charge on any atom is -0.490 e. The number of aromatic nitrogens is 1. The van der Waals surface area contributed by atoms with Gasteiger partial charge in [-0.15, -0.1) is 0 Å². The third-order valence-electron chi connectivity index (χ3n) is 6.61. The molecule has 5 rings (SSSR count). The minimum atomic E-state index is -3.43. The number of nitrogens with two attached hydrogens (primary N) is 1. The van der Waals surface area contributed by atoms with Gasteiger partial charge in [-0.25, -0.2) is 22.7 Å². The number of hydrogen-bond acceptors (Lipinski definition) is 7. The molecule has 1 saturated heterocycles. The van der Waals surface area contributed by atoms with E-state index in [9.17, 15) is 12.8 Å². The number of sulfonamides is 1. The molecule has 0 radical (unpaired) electrons. The summed E-state index contributed by atoms with van der Waals surface area (Å²) in [6, 6.07) is 8.82. The second-order valence-corrected chi connectivity index (χ2v) is 11.3. The lowest BCUT2D eigenvalue weighted by Crippen LogP contribution is -2.58. The standard InChI is InChI=1S/C23H27FN4O4S/c1-14(2)12-33(29,30)28-9-7-20-18(11-28)23(13-31-22(25)27-23)17-10-15(5-6-19(17)32-20)16-4-3-8-26-21(16)24/h3-6,8,10,14,18,20H,7,9,11-13H2,1-2H3,(H2,25,27)/t18-,20-,23+/m1/s1. The number of fused-ring (bicyclic) bond motifs is 4. The van der Waals surface area contributed by atoms with Gasteiger partial charge in [-0.05, 0) is 42.2 Å². The van der Waals surface area contributed by atoms with E-state index in [2.05, 4.69) is 4.98 Å². The molecule has 3 atom stereocenters. The summed E-state index contributed by atoms with van der Waals surface area (Å²) in [5, 5.41) is 0. The van der Waals surface area contributed by atoms with E-state index in [-0.39, 0.29) is 42.9 Å². The van der Waals surface area contributed by atoms with Gasteiger partial charge in [0.2, 0.25) is 16.0 Å². The average molecular weight is 475 g/mol. The molecule has 0 bridgehead atoms. The second kappa shape index (κ2) is 7.95. The minimum absolute atomic E-state index is 0.0189. The molecular weight excluding hydrogens is 447 g/mol. The van der Waals surface area contributed by atoms with E-state index in [1.54, 1.807) is 28.6 Å². The topological polar surface area (TPSA) is 107 Å². The highest BCUT2D eigenvalue weighted by molar-refractivity contribution is 7.89. The first-order valence-corrected chi connectivity index (χ1v) is 12.7. The zero-order valence-corrected chi connectivity index (χ0v) is 19.4. The van der Waals surface area contributed by atoms with Crippen LogP contribution >= 0.6 is 0 Å². The molecule has 1 aromatic heterocycles. The van der Waals surface area contributed by atoms with Crippen molar-refractivity contribution in [2.45, 2.75) is 31.9 Å². The fraction of sp³-hybridized carbons (Fsp3) is 0.478. The molecule has 10 heteroatoms. The molecule has 0 aliphatic carbocycles. The molecule has 0 unspecified atom stereocenters. The zero-order chi connectivity index (χ0) is 23.4. The van der Waals surface area contributed by atoms with E-state index >= 15 is 0 Å². The third kappa shape index (κ3) is 3.74. The summed E-state index contributed by atoms with van der Waals surface area (Å²) in [5.74, 6) is -0.136. The van der Waals surface area contributed by atoms with Crippen LogP contribution in [0.1, 0.15) is 25.8 Å². The SMILES string of the molecule is CC(C)CS(=O)(=O)N1CC[C@H]2Oc3ccc(-c4cccnc4F)cc3[C@@]3(COC(N)=N3)[C@@H]2C1. The molecule has 2 aromatic rings. The van der Waals surface area contributed by atoms with E-state index in [1.807, 2.05) is 19.9 Å². The maximum absolute atomic E-state index is 14.4. The van der Waals surface area contributed by atoms with Crippen LogP contribution in [-0.2, 0) is 20.3 Å². The van der Waals surface area contributed by atoms with Crippen molar-refractivity contribution < 1.29 is 22.3 Å². The monoisotopic (exact) mass is 474 g/mol. The molecule has 8 nitrogen and oxygen atoms in total. The second-order valence-electron chi connectivity index (χ2n) is 9.30. The highest BCUT2D eigenvalue weighted by Gasteiger charge is 2.56. The fourth-order valence-corrected chi connectivity index (χ4v) is 6.98. The number of hydrogen-bond donors (Lipinski definition) is 1. The molecule has 1 spiro atoms. The molecular formula is C23H27FN4O4S. The van der Waals surface area contributed by atoms with E-state index in [4.69, 9.17) is 20.2 Å². The van der Waals surface area contributed by atoms with Crippen LogP contribution < -0.4 is 10.5 Å². The van der Waals surface area contributed by atoms with Gasteiger partial charge in [-0.3, -0.25) is 0 Å². The first-order chi connectivity index (χ1) is 15.7. The summed E-state index contributed by atoms with van der Waals surface area (Å²) in [6.07, 6.45) is 1.70. The van der Waals surface area contributed by atoms with Gasteiger partial charge in [0, 0.05) is 36.3 Å².